The molecule has 2 N–H and O–H groups in total. The van der Waals surface area contributed by atoms with E-state index in [1.54, 1.807) is 36.2 Å². The lowest BCUT2D eigenvalue weighted by molar-refractivity contribution is -0.118. The van der Waals surface area contributed by atoms with Crippen LogP contribution in [0.4, 0.5) is 16.2 Å². The lowest BCUT2D eigenvalue weighted by atomic mass is 9.99. The summed E-state index contributed by atoms with van der Waals surface area (Å²) in [4.78, 5) is 25.3. The van der Waals surface area contributed by atoms with Crippen LogP contribution in [0.3, 0.4) is 0 Å². The number of urea groups is 1. The molecule has 0 radical (unpaired) electrons. The highest BCUT2D eigenvalue weighted by atomic mass is 35.5. The number of benzene rings is 2. The number of nitrogens with zero attached hydrogens (tertiary/aromatic N) is 1. The van der Waals surface area contributed by atoms with Crippen LogP contribution in [0.2, 0.25) is 5.02 Å². The Kier molecular flexibility index (Phi) is 4.71. The molecule has 1 aliphatic rings. The Morgan fingerprint density at radius 3 is 2.67 bits per heavy atom. The average Bonchev–Trinajstić information content (AvgIpc) is 2.58. The minimum absolute atomic E-state index is 0.135. The summed E-state index contributed by atoms with van der Waals surface area (Å²) in [5.74, 6) is 0.135. The first kappa shape index (κ1) is 16.3. The van der Waals surface area contributed by atoms with Crippen LogP contribution in [-0.2, 0) is 17.8 Å². The normalized spacial score (nSPS) is 13.4. The number of hydrogen-bond donors (Lipinski definition) is 2. The van der Waals surface area contributed by atoms with Gasteiger partial charge in [0, 0.05) is 36.4 Å². The summed E-state index contributed by atoms with van der Waals surface area (Å²) in [5.41, 5.74) is 3.76. The molecule has 3 rings (SSSR count). The summed E-state index contributed by atoms with van der Waals surface area (Å²) in [6, 6.07) is 12.6. The fourth-order valence-corrected chi connectivity index (χ4v) is 2.84. The topological polar surface area (TPSA) is 61.4 Å². The molecule has 0 fully saturated rings. The number of aryl methyl sites for hydroxylation is 1. The summed E-state index contributed by atoms with van der Waals surface area (Å²) >= 11 is 5.81. The summed E-state index contributed by atoms with van der Waals surface area (Å²) in [6.45, 7) is 0.421. The molecule has 6 heteroatoms. The zero-order valence-electron chi connectivity index (χ0n) is 13.3. The Morgan fingerprint density at radius 2 is 1.92 bits per heavy atom. The molecule has 0 spiro atoms. The van der Waals surface area contributed by atoms with Gasteiger partial charge in [-0.05, 0) is 47.9 Å². The number of amides is 3. The van der Waals surface area contributed by atoms with Gasteiger partial charge >= 0.3 is 6.03 Å². The summed E-state index contributed by atoms with van der Waals surface area (Å²) in [5, 5.41) is 6.20. The lowest BCUT2D eigenvalue weighted by Gasteiger charge is -2.26. The van der Waals surface area contributed by atoms with Crippen molar-refractivity contribution in [2.75, 3.05) is 17.3 Å². The highest BCUT2D eigenvalue weighted by Crippen LogP contribution is 2.27. The van der Waals surface area contributed by atoms with Gasteiger partial charge in [-0.25, -0.2) is 4.79 Å². The van der Waals surface area contributed by atoms with Crippen molar-refractivity contribution >= 4 is 34.9 Å². The molecule has 24 heavy (non-hydrogen) atoms. The van der Waals surface area contributed by atoms with Gasteiger partial charge in [-0.2, -0.15) is 0 Å². The number of anilines is 2. The van der Waals surface area contributed by atoms with Crippen LogP contribution in [0.5, 0.6) is 0 Å². The molecule has 124 valence electrons. The van der Waals surface area contributed by atoms with Crippen molar-refractivity contribution in [3.8, 4) is 0 Å². The van der Waals surface area contributed by atoms with Crippen molar-refractivity contribution in [1.29, 1.82) is 0 Å². The number of rotatable bonds is 3. The van der Waals surface area contributed by atoms with Gasteiger partial charge in [-0.3, -0.25) is 4.79 Å². The number of halogens is 1. The number of carbonyl (C=O) groups is 2. The second-order valence-corrected chi connectivity index (χ2v) is 6.17. The predicted octanol–water partition coefficient (Wildman–Crippen LogP) is 3.57. The third-order valence-corrected chi connectivity index (χ3v) is 4.29. The number of fused-ring (bicyclic) bond motifs is 1. The van der Waals surface area contributed by atoms with E-state index in [2.05, 4.69) is 10.6 Å². The van der Waals surface area contributed by atoms with Gasteiger partial charge in [0.05, 0.1) is 0 Å². The second kappa shape index (κ2) is 6.93. The van der Waals surface area contributed by atoms with E-state index in [0.717, 1.165) is 23.2 Å². The molecule has 0 saturated heterocycles. The molecule has 1 heterocycles. The van der Waals surface area contributed by atoms with E-state index < -0.39 is 0 Å². The van der Waals surface area contributed by atoms with E-state index in [4.69, 9.17) is 11.6 Å². The van der Waals surface area contributed by atoms with E-state index in [9.17, 15) is 9.59 Å². The monoisotopic (exact) mass is 343 g/mol. The predicted molar refractivity (Wildman–Crippen MR) is 95.5 cm³/mol. The lowest BCUT2D eigenvalue weighted by Crippen LogP contribution is -2.31. The summed E-state index contributed by atoms with van der Waals surface area (Å²) in [6.07, 6.45) is 1.26. The van der Waals surface area contributed by atoms with Crippen LogP contribution in [0.25, 0.3) is 0 Å². The van der Waals surface area contributed by atoms with Gasteiger partial charge in [-0.1, -0.05) is 23.7 Å². The summed E-state index contributed by atoms with van der Waals surface area (Å²) < 4.78 is 0. The summed E-state index contributed by atoms with van der Waals surface area (Å²) in [7, 11) is 1.79. The average molecular weight is 344 g/mol. The Morgan fingerprint density at radius 1 is 1.17 bits per heavy atom. The van der Waals surface area contributed by atoms with E-state index >= 15 is 0 Å². The largest absolute Gasteiger partial charge is 0.334 e. The van der Waals surface area contributed by atoms with Gasteiger partial charge in [0.1, 0.15) is 0 Å². The van der Waals surface area contributed by atoms with Crippen LogP contribution < -0.4 is 15.5 Å². The van der Waals surface area contributed by atoms with Gasteiger partial charge in [0.25, 0.3) is 0 Å². The molecule has 0 saturated carbocycles. The minimum Gasteiger partial charge on any atom is -0.334 e. The van der Waals surface area contributed by atoms with Crippen LogP contribution >= 0.6 is 11.6 Å². The molecule has 0 unspecified atom stereocenters. The van der Waals surface area contributed by atoms with E-state index in [0.29, 0.717) is 23.7 Å². The highest BCUT2D eigenvalue weighted by molar-refractivity contribution is 6.30. The quantitative estimate of drug-likeness (QED) is 0.895. The molecule has 3 amide bonds. The fourth-order valence-electron chi connectivity index (χ4n) is 2.71. The Balaban J connectivity index is 1.59. The van der Waals surface area contributed by atoms with Gasteiger partial charge in [-0.15, -0.1) is 0 Å². The van der Waals surface area contributed by atoms with E-state index in [1.165, 1.54) is 0 Å². The Hall–Kier alpha value is -2.53. The standard InChI is InChI=1S/C18H18ClN3O2/c1-22-16-8-2-12(10-13(16)3-9-17(22)23)11-20-18(24)21-15-6-4-14(19)5-7-15/h2,4-8,10H,3,9,11H2,1H3,(H2,20,21,24). The van der Waals surface area contributed by atoms with E-state index in [1.807, 2.05) is 18.2 Å². The van der Waals surface area contributed by atoms with Crippen LogP contribution in [0, 0.1) is 0 Å². The highest BCUT2D eigenvalue weighted by Gasteiger charge is 2.20. The molecule has 2 aromatic rings. The van der Waals surface area contributed by atoms with Crippen LogP contribution in [-0.4, -0.2) is 19.0 Å². The fraction of sp³-hybridized carbons (Fsp3) is 0.222. The number of carbonyl (C=O) groups excluding carboxylic acids is 2. The molecule has 0 bridgehead atoms. The van der Waals surface area contributed by atoms with Crippen molar-refractivity contribution in [3.63, 3.8) is 0 Å². The van der Waals surface area contributed by atoms with Crippen LogP contribution in [0.1, 0.15) is 17.5 Å². The number of nitrogens with one attached hydrogen (secondary N) is 2. The third-order valence-electron chi connectivity index (χ3n) is 4.04. The van der Waals surface area contributed by atoms with Gasteiger partial charge < -0.3 is 15.5 Å². The molecule has 0 aromatic heterocycles. The van der Waals surface area contributed by atoms with Crippen molar-refractivity contribution < 1.29 is 9.59 Å². The van der Waals surface area contributed by atoms with Crippen molar-refractivity contribution in [3.05, 3.63) is 58.6 Å². The maximum Gasteiger partial charge on any atom is 0.319 e. The van der Waals surface area contributed by atoms with Gasteiger partial charge in [0.15, 0.2) is 0 Å². The third kappa shape index (κ3) is 3.68. The molecule has 0 aliphatic carbocycles. The molecular formula is C18H18ClN3O2. The molecule has 0 atom stereocenters. The zero-order valence-corrected chi connectivity index (χ0v) is 14.1. The maximum absolute atomic E-state index is 11.9. The first-order chi connectivity index (χ1) is 11.5. The smallest absolute Gasteiger partial charge is 0.319 e. The molecule has 2 aromatic carbocycles. The zero-order chi connectivity index (χ0) is 17.1. The number of hydrogen-bond acceptors (Lipinski definition) is 2. The first-order valence-electron chi connectivity index (χ1n) is 7.72. The Labute approximate surface area is 145 Å². The molecular weight excluding hydrogens is 326 g/mol. The SMILES string of the molecule is CN1C(=O)CCc2cc(CNC(=O)Nc3ccc(Cl)cc3)ccc21. The first-order valence-corrected chi connectivity index (χ1v) is 8.09. The van der Waals surface area contributed by atoms with Crippen molar-refractivity contribution in [2.45, 2.75) is 19.4 Å². The maximum atomic E-state index is 11.9. The second-order valence-electron chi connectivity index (χ2n) is 5.73. The molecule has 1 aliphatic heterocycles. The van der Waals surface area contributed by atoms with Gasteiger partial charge in [0.2, 0.25) is 5.91 Å². The van der Waals surface area contributed by atoms with Crippen molar-refractivity contribution in [2.24, 2.45) is 0 Å². The minimum atomic E-state index is -0.276. The molecule has 5 nitrogen and oxygen atoms in total. The van der Waals surface area contributed by atoms with Crippen molar-refractivity contribution in [1.82, 2.24) is 5.32 Å². The van der Waals surface area contributed by atoms with E-state index in [-0.39, 0.29) is 11.9 Å². The van der Waals surface area contributed by atoms with Crippen LogP contribution in [0.15, 0.2) is 42.5 Å². The Bertz CT molecular complexity index is 774.